The number of para-hydroxylation sites is 1. The van der Waals surface area contributed by atoms with E-state index < -0.39 is 9.84 Å². The van der Waals surface area contributed by atoms with Crippen molar-refractivity contribution in [2.24, 2.45) is 10.2 Å². The van der Waals surface area contributed by atoms with Crippen LogP contribution in [-0.4, -0.2) is 177 Å². The first-order valence-corrected chi connectivity index (χ1v) is 34.6. The molecule has 0 unspecified atom stereocenters. The van der Waals surface area contributed by atoms with Gasteiger partial charge in [-0.05, 0) is 128 Å². The summed E-state index contributed by atoms with van der Waals surface area (Å²) in [6.07, 6.45) is 13.7. The van der Waals surface area contributed by atoms with Gasteiger partial charge in [0.1, 0.15) is 52.9 Å². The number of hydrogen-bond donors (Lipinski definition) is 4. The minimum absolute atomic E-state index is 0.00268. The first-order chi connectivity index (χ1) is 45.6. The predicted octanol–water partition coefficient (Wildman–Crippen LogP) is 10.6. The van der Waals surface area contributed by atoms with Gasteiger partial charge in [-0.25, -0.2) is 13.4 Å². The second-order valence-electron chi connectivity index (χ2n) is 22.1. The molecular formula is C67H101N7O19S. The standard InChI is InChI=1S/C67H101N7O19S/c1-5-74(36-45-92-63(81)33-19-11-25-42-90-61(79)31-17-9-23-40-88-59(77)29-15-7-21-38-75)37-48-94(83,84)58-50-56(85-3)55(49-57(58)86-4)72-73-65-52(2)54(51-68)66(71-67(65)70-53-27-13-6-14-28-53)69-35-44-87-46-47-93-64(82)34-20-12-26-43-91-62(80)32-18-10-24-41-89-60(78)30-16-8-22-39-76/h6,13-14,27-28,49-50,75-76H,5,7-12,15-26,29-48H2,1-4H3,(H2,69,70,71)/b73-72+. The number of carbonyl (C=O) groups is 6. The molecule has 0 amide bonds. The van der Waals surface area contributed by atoms with E-state index in [9.17, 15) is 42.4 Å². The SMILES string of the molecule is CCN(CCOC(=O)CCCCCOC(=O)CCCCCOC(=O)CCCCCO)CCS(=O)(=O)c1cc(OC)c(/N=N/c2c(Nc3ccccc3)nc(NCCOCCOC(=O)CCCCCOC(=O)CCCCCOC(=O)CCCCCO)c(C#N)c2C)cc1OC. The van der Waals surface area contributed by atoms with Crippen LogP contribution in [0.25, 0.3) is 0 Å². The Labute approximate surface area is 554 Å². The first-order valence-electron chi connectivity index (χ1n) is 33.0. The molecule has 26 nitrogen and oxygen atoms in total. The van der Waals surface area contributed by atoms with Crippen LogP contribution in [-0.2, 0) is 71.8 Å². The van der Waals surface area contributed by atoms with Crippen LogP contribution in [0.15, 0.2) is 57.6 Å². The van der Waals surface area contributed by atoms with Gasteiger partial charge in [0.15, 0.2) is 15.7 Å². The van der Waals surface area contributed by atoms with Crippen LogP contribution in [0.5, 0.6) is 11.5 Å². The zero-order valence-electron chi connectivity index (χ0n) is 55.6. The van der Waals surface area contributed by atoms with Crippen LogP contribution in [0.4, 0.5) is 28.7 Å². The number of aliphatic hydroxyl groups is 2. The van der Waals surface area contributed by atoms with Crippen LogP contribution >= 0.6 is 0 Å². The van der Waals surface area contributed by atoms with Gasteiger partial charge in [0, 0.05) is 94.8 Å². The number of carbonyl (C=O) groups excluding carboxylic acids is 6. The van der Waals surface area contributed by atoms with Gasteiger partial charge in [-0.15, -0.1) is 10.2 Å². The molecule has 3 aromatic rings. The van der Waals surface area contributed by atoms with Crippen LogP contribution in [0.1, 0.15) is 172 Å². The molecule has 1 aromatic heterocycles. The molecule has 2 aromatic carbocycles. The Morgan fingerprint density at radius 2 is 1.01 bits per heavy atom. The highest BCUT2D eigenvalue weighted by Crippen LogP contribution is 2.41. The molecule has 0 bridgehead atoms. The number of methoxy groups -OCH3 is 2. The summed E-state index contributed by atoms with van der Waals surface area (Å²) in [7, 11) is -1.29. The Morgan fingerprint density at radius 1 is 0.553 bits per heavy atom. The molecule has 4 N–H and O–H groups in total. The Balaban J connectivity index is 1.43. The van der Waals surface area contributed by atoms with E-state index in [-0.39, 0.29) is 178 Å². The lowest BCUT2D eigenvalue weighted by molar-refractivity contribution is -0.146. The minimum Gasteiger partial charge on any atom is -0.495 e. The fourth-order valence-corrected chi connectivity index (χ4v) is 10.7. The van der Waals surface area contributed by atoms with Gasteiger partial charge in [0.05, 0.1) is 65.2 Å². The van der Waals surface area contributed by atoms with Crippen molar-refractivity contribution >= 4 is 74.4 Å². The summed E-state index contributed by atoms with van der Waals surface area (Å²) in [5.41, 5.74) is 1.61. The number of sulfone groups is 1. The normalized spacial score (nSPS) is 11.3. The summed E-state index contributed by atoms with van der Waals surface area (Å²) >= 11 is 0. The highest BCUT2D eigenvalue weighted by molar-refractivity contribution is 7.91. The number of likely N-dealkylation sites (N-methyl/N-ethyl adjacent to an activating group) is 1. The Hall–Kier alpha value is -7.51. The van der Waals surface area contributed by atoms with Crippen molar-refractivity contribution in [2.45, 2.75) is 173 Å². The molecule has 0 atom stereocenters. The predicted molar refractivity (Wildman–Crippen MR) is 351 cm³/mol. The number of azo groups is 1. The molecule has 27 heteroatoms. The number of benzene rings is 2. The van der Waals surface area contributed by atoms with Crippen molar-refractivity contribution in [3.63, 3.8) is 0 Å². The number of nitrogens with one attached hydrogen (secondary N) is 2. The fourth-order valence-electron chi connectivity index (χ4n) is 9.22. The molecule has 524 valence electrons. The molecule has 0 aliphatic carbocycles. The maximum atomic E-state index is 14.0. The van der Waals surface area contributed by atoms with Crippen molar-refractivity contribution in [1.29, 1.82) is 5.26 Å². The second kappa shape index (κ2) is 50.0. The fraction of sp³-hybridized carbons (Fsp3) is 0.642. The van der Waals surface area contributed by atoms with Crippen molar-refractivity contribution < 1.29 is 90.0 Å². The zero-order chi connectivity index (χ0) is 68.4. The maximum absolute atomic E-state index is 14.0. The number of nitriles is 1. The van der Waals surface area contributed by atoms with E-state index in [0.29, 0.717) is 140 Å². The molecule has 3 rings (SSSR count). The largest absolute Gasteiger partial charge is 0.495 e. The molecule has 0 aliphatic rings. The average Bonchev–Trinajstić information content (AvgIpc) is 0.805. The van der Waals surface area contributed by atoms with Gasteiger partial charge in [-0.3, -0.25) is 33.7 Å². The summed E-state index contributed by atoms with van der Waals surface area (Å²) in [4.78, 5) is 78.9. The van der Waals surface area contributed by atoms with Crippen LogP contribution in [0.3, 0.4) is 0 Å². The lowest BCUT2D eigenvalue weighted by atomic mass is 10.1. The van der Waals surface area contributed by atoms with Gasteiger partial charge in [-0.2, -0.15) is 5.26 Å². The maximum Gasteiger partial charge on any atom is 0.305 e. The molecule has 0 radical (unpaired) electrons. The highest BCUT2D eigenvalue weighted by atomic mass is 32.2. The first kappa shape index (κ1) is 80.7. The van der Waals surface area contributed by atoms with Gasteiger partial charge in [-0.1, -0.05) is 38.0 Å². The number of rotatable bonds is 55. The number of esters is 6. The van der Waals surface area contributed by atoms with E-state index in [2.05, 4.69) is 26.9 Å². The van der Waals surface area contributed by atoms with Crippen molar-refractivity contribution in [3.05, 3.63) is 53.6 Å². The zero-order valence-corrected chi connectivity index (χ0v) is 56.4. The summed E-state index contributed by atoms with van der Waals surface area (Å²) in [6, 6.07) is 14.1. The van der Waals surface area contributed by atoms with Gasteiger partial charge < -0.3 is 63.5 Å². The summed E-state index contributed by atoms with van der Waals surface area (Å²) in [5, 5.41) is 43.4. The number of aromatic nitrogens is 1. The number of hydrogen-bond acceptors (Lipinski definition) is 26. The number of unbranched alkanes of at least 4 members (excludes halogenated alkanes) is 12. The molecule has 1 heterocycles. The van der Waals surface area contributed by atoms with Crippen molar-refractivity contribution in [3.8, 4) is 17.6 Å². The number of anilines is 3. The molecule has 0 spiro atoms. The van der Waals surface area contributed by atoms with Crippen LogP contribution < -0.4 is 20.1 Å². The molecule has 0 aliphatic heterocycles. The van der Waals surface area contributed by atoms with E-state index in [1.165, 1.54) is 26.4 Å². The van der Waals surface area contributed by atoms with E-state index in [4.69, 9.17) is 57.8 Å². The third kappa shape index (κ3) is 35.1. The molecule has 94 heavy (non-hydrogen) atoms. The van der Waals surface area contributed by atoms with Crippen molar-refractivity contribution in [2.75, 3.05) is 123 Å². The van der Waals surface area contributed by atoms with Crippen molar-refractivity contribution in [1.82, 2.24) is 9.88 Å². The van der Waals surface area contributed by atoms with Gasteiger partial charge >= 0.3 is 35.8 Å². The lowest BCUT2D eigenvalue weighted by Gasteiger charge is -2.20. The molecule has 0 fully saturated rings. The second-order valence-corrected chi connectivity index (χ2v) is 24.1. The van der Waals surface area contributed by atoms with E-state index >= 15 is 0 Å². The summed E-state index contributed by atoms with van der Waals surface area (Å²) in [6.45, 7) is 6.53. The minimum atomic E-state index is -3.99. The van der Waals surface area contributed by atoms with E-state index in [1.807, 2.05) is 42.2 Å². The van der Waals surface area contributed by atoms with E-state index in [1.54, 1.807) is 6.92 Å². The lowest BCUT2D eigenvalue weighted by Crippen LogP contribution is -2.32. The number of pyridine rings is 1. The topological polar surface area (TPSA) is 349 Å². The third-order valence-electron chi connectivity index (χ3n) is 14.7. The van der Waals surface area contributed by atoms with Gasteiger partial charge in [0.25, 0.3) is 0 Å². The molecule has 0 saturated heterocycles. The number of nitrogens with zero attached hydrogens (tertiary/aromatic N) is 5. The highest BCUT2D eigenvalue weighted by Gasteiger charge is 2.25. The van der Waals surface area contributed by atoms with Crippen LogP contribution in [0, 0.1) is 18.3 Å². The number of aliphatic hydroxyl groups excluding tert-OH is 2. The summed E-state index contributed by atoms with van der Waals surface area (Å²) < 4.78 is 76.6. The Kier molecular flexibility index (Phi) is 42.9. The molecular weight excluding hydrogens is 1240 g/mol. The average molecular weight is 1340 g/mol. The third-order valence-corrected chi connectivity index (χ3v) is 16.4. The Morgan fingerprint density at radius 3 is 1.46 bits per heavy atom. The smallest absolute Gasteiger partial charge is 0.305 e. The van der Waals surface area contributed by atoms with E-state index in [0.717, 1.165) is 25.7 Å². The summed E-state index contributed by atoms with van der Waals surface area (Å²) in [5.74, 6) is -1.54. The number of ether oxygens (including phenoxy) is 9. The van der Waals surface area contributed by atoms with Gasteiger partial charge in [0.2, 0.25) is 0 Å². The quantitative estimate of drug-likeness (QED) is 0.0176. The monoisotopic (exact) mass is 1340 g/mol. The molecule has 0 saturated carbocycles. The van der Waals surface area contributed by atoms with Crippen LogP contribution in [0.2, 0.25) is 0 Å². The Bertz CT molecular complexity index is 2890.